The number of rotatable bonds is 4. The quantitative estimate of drug-likeness (QED) is 0.793. The number of carboxylic acid groups (broad SMARTS) is 1. The number of carboxylic acids is 1. The molecule has 1 aliphatic heterocycles. The Hall–Kier alpha value is -1.60. The molecule has 0 spiro atoms. The van der Waals surface area contributed by atoms with E-state index in [4.69, 9.17) is 4.74 Å². The number of carbonyl (C=O) groups is 2. The van der Waals surface area contributed by atoms with Crippen LogP contribution in [0.1, 0.15) is 32.8 Å². The van der Waals surface area contributed by atoms with E-state index in [2.05, 4.69) is 21.2 Å². The molecule has 0 aliphatic carbocycles. The van der Waals surface area contributed by atoms with Gasteiger partial charge in [0.2, 0.25) is 0 Å². The normalized spacial score (nSPS) is 21.0. The highest BCUT2D eigenvalue weighted by molar-refractivity contribution is 9.10. The van der Waals surface area contributed by atoms with Crippen molar-refractivity contribution in [3.05, 3.63) is 34.3 Å². The van der Waals surface area contributed by atoms with Crippen LogP contribution in [0, 0.1) is 5.92 Å². The first kappa shape index (κ1) is 19.7. The number of aliphatic carboxylic acids is 1. The van der Waals surface area contributed by atoms with Gasteiger partial charge in [-0.2, -0.15) is 0 Å². The summed E-state index contributed by atoms with van der Waals surface area (Å²) in [5.74, 6) is -1.56. The number of halogens is 1. The van der Waals surface area contributed by atoms with Crippen molar-refractivity contribution < 1.29 is 19.4 Å². The molecule has 2 rings (SSSR count). The van der Waals surface area contributed by atoms with Gasteiger partial charge in [-0.3, -0.25) is 4.79 Å². The number of benzene rings is 1. The lowest BCUT2D eigenvalue weighted by Crippen LogP contribution is -2.54. The first-order valence-electron chi connectivity index (χ1n) is 8.34. The second-order valence-electron chi connectivity index (χ2n) is 7.28. The molecule has 7 heteroatoms. The molecule has 0 saturated carbocycles. The van der Waals surface area contributed by atoms with Gasteiger partial charge in [0, 0.05) is 30.1 Å². The molecular formula is C18H25BrN2O4. The molecule has 138 valence electrons. The van der Waals surface area contributed by atoms with E-state index in [1.54, 1.807) is 20.8 Å². The Bertz CT molecular complexity index is 630. The van der Waals surface area contributed by atoms with Crippen molar-refractivity contribution in [3.8, 4) is 0 Å². The molecule has 1 aromatic rings. The molecule has 1 amide bonds. The van der Waals surface area contributed by atoms with Crippen LogP contribution in [0.15, 0.2) is 28.7 Å². The zero-order chi connectivity index (χ0) is 18.6. The summed E-state index contributed by atoms with van der Waals surface area (Å²) in [6.07, 6.45) is 0.119. The molecule has 6 nitrogen and oxygen atoms in total. The lowest BCUT2D eigenvalue weighted by Gasteiger charge is -2.37. The molecular weight excluding hydrogens is 388 g/mol. The Balaban J connectivity index is 1.97. The van der Waals surface area contributed by atoms with Gasteiger partial charge < -0.3 is 20.1 Å². The zero-order valence-electron chi connectivity index (χ0n) is 14.8. The van der Waals surface area contributed by atoms with E-state index in [9.17, 15) is 14.7 Å². The first-order valence-corrected chi connectivity index (χ1v) is 9.13. The van der Waals surface area contributed by atoms with E-state index in [0.29, 0.717) is 19.5 Å². The predicted octanol–water partition coefficient (Wildman–Crippen LogP) is 3.25. The van der Waals surface area contributed by atoms with Crippen LogP contribution in [0.25, 0.3) is 0 Å². The smallest absolute Gasteiger partial charge is 0.410 e. The summed E-state index contributed by atoms with van der Waals surface area (Å²) in [5, 5.41) is 12.9. The van der Waals surface area contributed by atoms with Gasteiger partial charge in [-0.25, -0.2) is 4.79 Å². The van der Waals surface area contributed by atoms with Crippen molar-refractivity contribution in [2.45, 2.75) is 45.4 Å². The molecule has 2 N–H and O–H groups in total. The number of piperidine rings is 1. The summed E-state index contributed by atoms with van der Waals surface area (Å²) in [5.41, 5.74) is 0.485. The average Bonchev–Trinajstić information content (AvgIpc) is 2.51. The summed E-state index contributed by atoms with van der Waals surface area (Å²) in [7, 11) is 0. The van der Waals surface area contributed by atoms with Gasteiger partial charge >= 0.3 is 12.1 Å². The van der Waals surface area contributed by atoms with Crippen LogP contribution in [0.2, 0.25) is 0 Å². The Labute approximate surface area is 156 Å². The SMILES string of the molecule is CC(C)(C)OC(=O)N1CC[C@@H](NCc2cccc(Br)c2)[C@@H](C(=O)O)C1. The number of amides is 1. The zero-order valence-corrected chi connectivity index (χ0v) is 16.4. The summed E-state index contributed by atoms with van der Waals surface area (Å²) in [6, 6.07) is 7.70. The number of likely N-dealkylation sites (tertiary alicyclic amines) is 1. The van der Waals surface area contributed by atoms with Gasteiger partial charge in [0.05, 0.1) is 5.92 Å². The number of nitrogens with one attached hydrogen (secondary N) is 1. The fourth-order valence-corrected chi connectivity index (χ4v) is 3.28. The summed E-state index contributed by atoms with van der Waals surface area (Å²) >= 11 is 3.43. The molecule has 1 aliphatic rings. The average molecular weight is 413 g/mol. The van der Waals surface area contributed by atoms with Crippen molar-refractivity contribution in [1.29, 1.82) is 0 Å². The number of nitrogens with zero attached hydrogens (tertiary/aromatic N) is 1. The van der Waals surface area contributed by atoms with Crippen LogP contribution in [0.5, 0.6) is 0 Å². The molecule has 0 aromatic heterocycles. The molecule has 2 atom stereocenters. The second kappa shape index (κ2) is 8.19. The fraction of sp³-hybridized carbons (Fsp3) is 0.556. The van der Waals surface area contributed by atoms with Crippen LogP contribution in [-0.2, 0) is 16.1 Å². The van der Waals surface area contributed by atoms with E-state index in [-0.39, 0.29) is 12.6 Å². The number of ether oxygens (including phenoxy) is 1. The monoisotopic (exact) mass is 412 g/mol. The number of hydrogen-bond donors (Lipinski definition) is 2. The minimum Gasteiger partial charge on any atom is -0.481 e. The Morgan fingerprint density at radius 3 is 2.72 bits per heavy atom. The molecule has 1 saturated heterocycles. The van der Waals surface area contributed by atoms with E-state index in [1.807, 2.05) is 24.3 Å². The van der Waals surface area contributed by atoms with Crippen LogP contribution < -0.4 is 5.32 Å². The predicted molar refractivity (Wildman–Crippen MR) is 98.3 cm³/mol. The largest absolute Gasteiger partial charge is 0.481 e. The molecule has 1 heterocycles. The fourth-order valence-electron chi connectivity index (χ4n) is 2.83. The molecule has 0 unspecified atom stereocenters. The Morgan fingerprint density at radius 1 is 1.40 bits per heavy atom. The third-order valence-electron chi connectivity index (χ3n) is 4.04. The van der Waals surface area contributed by atoms with Gasteiger partial charge in [-0.05, 0) is 44.9 Å². The lowest BCUT2D eigenvalue weighted by molar-refractivity contribution is -0.144. The van der Waals surface area contributed by atoms with E-state index in [1.165, 1.54) is 4.90 Å². The minimum atomic E-state index is -0.903. The van der Waals surface area contributed by atoms with Gasteiger partial charge in [-0.1, -0.05) is 28.1 Å². The summed E-state index contributed by atoms with van der Waals surface area (Å²) in [4.78, 5) is 25.3. The highest BCUT2D eigenvalue weighted by Gasteiger charge is 2.37. The third kappa shape index (κ3) is 6.01. The maximum atomic E-state index is 12.2. The lowest BCUT2D eigenvalue weighted by atomic mass is 9.92. The maximum Gasteiger partial charge on any atom is 0.410 e. The van der Waals surface area contributed by atoms with Gasteiger partial charge in [0.25, 0.3) is 0 Å². The maximum absolute atomic E-state index is 12.2. The summed E-state index contributed by atoms with van der Waals surface area (Å²) < 4.78 is 6.34. The molecule has 25 heavy (non-hydrogen) atoms. The number of carbonyl (C=O) groups excluding carboxylic acids is 1. The van der Waals surface area contributed by atoms with Crippen LogP contribution in [0.3, 0.4) is 0 Å². The highest BCUT2D eigenvalue weighted by atomic mass is 79.9. The van der Waals surface area contributed by atoms with Crippen LogP contribution >= 0.6 is 15.9 Å². The summed E-state index contributed by atoms with van der Waals surface area (Å²) in [6.45, 7) is 6.61. The van der Waals surface area contributed by atoms with Crippen molar-refractivity contribution in [2.75, 3.05) is 13.1 Å². The first-order chi connectivity index (χ1) is 11.7. The molecule has 1 fully saturated rings. The van der Waals surface area contributed by atoms with Gasteiger partial charge in [-0.15, -0.1) is 0 Å². The highest BCUT2D eigenvalue weighted by Crippen LogP contribution is 2.21. The molecule has 1 aromatic carbocycles. The standard InChI is InChI=1S/C18H25BrN2O4/c1-18(2,3)25-17(24)21-8-7-15(14(11-21)16(22)23)20-10-12-5-4-6-13(19)9-12/h4-6,9,14-15,20H,7-8,10-11H2,1-3H3,(H,22,23)/t14-,15+/m0/s1. The Morgan fingerprint density at radius 2 is 2.12 bits per heavy atom. The van der Waals surface area contributed by atoms with Crippen molar-refractivity contribution in [2.24, 2.45) is 5.92 Å². The Kier molecular flexibility index (Phi) is 6.46. The third-order valence-corrected chi connectivity index (χ3v) is 4.53. The van der Waals surface area contributed by atoms with E-state index in [0.717, 1.165) is 10.0 Å². The second-order valence-corrected chi connectivity index (χ2v) is 8.19. The van der Waals surface area contributed by atoms with E-state index >= 15 is 0 Å². The van der Waals surface area contributed by atoms with Crippen molar-refractivity contribution in [1.82, 2.24) is 10.2 Å². The topological polar surface area (TPSA) is 78.9 Å². The van der Waals surface area contributed by atoms with Crippen LogP contribution in [-0.4, -0.2) is 46.8 Å². The molecule has 0 bridgehead atoms. The van der Waals surface area contributed by atoms with Crippen LogP contribution in [0.4, 0.5) is 4.79 Å². The molecule has 0 radical (unpaired) electrons. The number of hydrogen-bond acceptors (Lipinski definition) is 4. The van der Waals surface area contributed by atoms with Gasteiger partial charge in [0.15, 0.2) is 0 Å². The minimum absolute atomic E-state index is 0.153. The van der Waals surface area contributed by atoms with E-state index < -0.39 is 23.6 Å². The van der Waals surface area contributed by atoms with Crippen molar-refractivity contribution >= 4 is 28.0 Å². The van der Waals surface area contributed by atoms with Gasteiger partial charge in [0.1, 0.15) is 5.60 Å². The van der Waals surface area contributed by atoms with Crippen molar-refractivity contribution in [3.63, 3.8) is 0 Å².